The van der Waals surface area contributed by atoms with E-state index in [1.54, 1.807) is 19.2 Å². The van der Waals surface area contributed by atoms with Gasteiger partial charge in [-0.05, 0) is 44.4 Å². The molecule has 1 aromatic rings. The SMILES string of the molecule is CCCCCc1ccc(C(=O)OOOC(=O)OCCC(C)(C)OC)cc1. The number of unbranched alkanes of at least 4 members (excludes halogenated alkanes) is 2. The maximum Gasteiger partial charge on any atom is 0.543 e. The third-order valence-corrected chi connectivity index (χ3v) is 3.95. The molecule has 0 fully saturated rings. The third kappa shape index (κ3) is 8.82. The van der Waals surface area contributed by atoms with Crippen molar-refractivity contribution >= 4 is 12.1 Å². The van der Waals surface area contributed by atoms with Crippen LogP contribution < -0.4 is 0 Å². The Kier molecular flexibility index (Phi) is 9.69. The molecule has 146 valence electrons. The average Bonchev–Trinajstić information content (AvgIpc) is 2.62. The van der Waals surface area contributed by atoms with Gasteiger partial charge in [0.15, 0.2) is 0 Å². The van der Waals surface area contributed by atoms with Gasteiger partial charge in [-0.1, -0.05) is 31.9 Å². The molecule has 0 spiro atoms. The summed E-state index contributed by atoms with van der Waals surface area (Å²) < 4.78 is 9.96. The predicted octanol–water partition coefficient (Wildman–Crippen LogP) is 4.39. The lowest BCUT2D eigenvalue weighted by atomic mass is 10.1. The minimum Gasteiger partial charge on any atom is -0.432 e. The molecule has 0 aliphatic carbocycles. The van der Waals surface area contributed by atoms with Gasteiger partial charge in [0.1, 0.15) is 0 Å². The van der Waals surface area contributed by atoms with Gasteiger partial charge < -0.3 is 9.47 Å². The van der Waals surface area contributed by atoms with E-state index < -0.39 is 17.7 Å². The molecule has 0 N–H and O–H groups in total. The first-order valence-corrected chi connectivity index (χ1v) is 8.74. The van der Waals surface area contributed by atoms with Crippen LogP contribution in [0.4, 0.5) is 4.79 Å². The number of carbonyl (C=O) groups excluding carboxylic acids is 2. The van der Waals surface area contributed by atoms with Crippen LogP contribution >= 0.6 is 0 Å². The fourth-order valence-corrected chi connectivity index (χ4v) is 2.02. The minimum absolute atomic E-state index is 0.0798. The van der Waals surface area contributed by atoms with Crippen LogP contribution in [-0.4, -0.2) is 31.4 Å². The molecule has 0 saturated heterocycles. The molecule has 0 atom stereocenters. The number of carbonyl (C=O) groups is 2. The summed E-state index contributed by atoms with van der Waals surface area (Å²) in [5, 5.41) is 4.17. The first-order valence-electron chi connectivity index (χ1n) is 8.74. The molecule has 7 nitrogen and oxygen atoms in total. The van der Waals surface area contributed by atoms with E-state index in [9.17, 15) is 9.59 Å². The number of rotatable bonds is 11. The Morgan fingerprint density at radius 2 is 1.73 bits per heavy atom. The smallest absolute Gasteiger partial charge is 0.432 e. The van der Waals surface area contributed by atoms with Gasteiger partial charge in [0, 0.05) is 13.5 Å². The molecule has 1 aromatic carbocycles. The second-order valence-corrected chi connectivity index (χ2v) is 6.49. The average molecular weight is 368 g/mol. The number of ether oxygens (including phenoxy) is 2. The van der Waals surface area contributed by atoms with Crippen LogP contribution in [-0.2, 0) is 30.7 Å². The highest BCUT2D eigenvalue weighted by atomic mass is 17.5. The van der Waals surface area contributed by atoms with Gasteiger partial charge in [-0.25, -0.2) is 14.5 Å². The van der Waals surface area contributed by atoms with Crippen molar-refractivity contribution in [2.45, 2.75) is 58.5 Å². The largest absolute Gasteiger partial charge is 0.543 e. The molecule has 0 unspecified atom stereocenters. The Bertz CT molecular complexity index is 552. The quantitative estimate of drug-likeness (QED) is 0.248. The molecule has 0 bridgehead atoms. The van der Waals surface area contributed by atoms with E-state index in [-0.39, 0.29) is 6.61 Å². The first-order chi connectivity index (χ1) is 12.4. The van der Waals surface area contributed by atoms with Gasteiger partial charge in [-0.2, -0.15) is 0 Å². The first kappa shape index (κ1) is 21.9. The number of aryl methyl sites for hydroxylation is 1. The number of hydrogen-bond donors (Lipinski definition) is 0. The summed E-state index contributed by atoms with van der Waals surface area (Å²) in [7, 11) is 1.57. The van der Waals surface area contributed by atoms with E-state index >= 15 is 0 Å². The molecule has 1 rings (SSSR count). The summed E-state index contributed by atoms with van der Waals surface area (Å²) in [5.41, 5.74) is 1.02. The Labute approximate surface area is 154 Å². The second kappa shape index (κ2) is 11.5. The fraction of sp³-hybridized carbons (Fsp3) is 0.579. The molecular formula is C19H28O7. The number of hydrogen-bond acceptors (Lipinski definition) is 7. The fourth-order valence-electron chi connectivity index (χ4n) is 2.02. The maximum absolute atomic E-state index is 11.8. The Balaban J connectivity index is 2.26. The van der Waals surface area contributed by atoms with Crippen LogP contribution in [0.3, 0.4) is 0 Å². The van der Waals surface area contributed by atoms with Gasteiger partial charge in [0.2, 0.25) is 0 Å². The molecule has 0 aliphatic heterocycles. The summed E-state index contributed by atoms with van der Waals surface area (Å²) in [5.74, 6) is -0.765. The van der Waals surface area contributed by atoms with E-state index in [1.807, 2.05) is 26.0 Å². The molecule has 0 aromatic heterocycles. The van der Waals surface area contributed by atoms with Crippen molar-refractivity contribution in [1.29, 1.82) is 0 Å². The van der Waals surface area contributed by atoms with E-state index in [1.165, 1.54) is 6.42 Å². The zero-order valence-corrected chi connectivity index (χ0v) is 15.9. The Morgan fingerprint density at radius 1 is 1.04 bits per heavy atom. The van der Waals surface area contributed by atoms with Gasteiger partial charge in [-0.3, -0.25) is 4.89 Å². The highest BCUT2D eigenvalue weighted by Gasteiger charge is 2.18. The lowest BCUT2D eigenvalue weighted by molar-refractivity contribution is -0.452. The van der Waals surface area contributed by atoms with Gasteiger partial charge in [0.25, 0.3) is 0 Å². The van der Waals surface area contributed by atoms with Crippen LogP contribution in [0.2, 0.25) is 0 Å². The summed E-state index contributed by atoms with van der Waals surface area (Å²) >= 11 is 0. The highest BCUT2D eigenvalue weighted by Crippen LogP contribution is 2.13. The van der Waals surface area contributed by atoms with Crippen LogP contribution in [0.25, 0.3) is 0 Å². The molecule has 0 radical (unpaired) electrons. The molecule has 26 heavy (non-hydrogen) atoms. The normalized spacial score (nSPS) is 11.1. The molecule has 0 aliphatic rings. The molecule has 7 heteroatoms. The Hall–Kier alpha value is -2.12. The minimum atomic E-state index is -1.10. The van der Waals surface area contributed by atoms with E-state index in [4.69, 9.17) is 9.47 Å². The van der Waals surface area contributed by atoms with Crippen molar-refractivity contribution in [2.24, 2.45) is 0 Å². The van der Waals surface area contributed by atoms with Crippen molar-refractivity contribution in [3.8, 4) is 0 Å². The standard InChI is InChI=1S/C19H28O7/c1-5-6-7-8-15-9-11-16(12-10-15)17(20)24-26-25-18(21)23-14-13-19(2,3)22-4/h9-12H,5-8,13-14H2,1-4H3. The lowest BCUT2D eigenvalue weighted by Crippen LogP contribution is -2.25. The van der Waals surface area contributed by atoms with Crippen molar-refractivity contribution in [3.05, 3.63) is 35.4 Å². The van der Waals surface area contributed by atoms with Gasteiger partial charge >= 0.3 is 12.1 Å². The molecule has 0 amide bonds. The summed E-state index contributed by atoms with van der Waals surface area (Å²) in [6.07, 6.45) is 3.79. The monoisotopic (exact) mass is 368 g/mol. The van der Waals surface area contributed by atoms with E-state index in [2.05, 4.69) is 21.7 Å². The van der Waals surface area contributed by atoms with E-state index in [0.717, 1.165) is 24.8 Å². The van der Waals surface area contributed by atoms with Crippen LogP contribution in [0.1, 0.15) is 62.4 Å². The van der Waals surface area contributed by atoms with Crippen LogP contribution in [0, 0.1) is 0 Å². The molecular weight excluding hydrogens is 340 g/mol. The van der Waals surface area contributed by atoms with Crippen molar-refractivity contribution in [2.75, 3.05) is 13.7 Å². The lowest BCUT2D eigenvalue weighted by Gasteiger charge is -2.21. The number of benzene rings is 1. The van der Waals surface area contributed by atoms with E-state index in [0.29, 0.717) is 12.0 Å². The summed E-state index contributed by atoms with van der Waals surface area (Å²) in [6.45, 7) is 5.94. The van der Waals surface area contributed by atoms with Crippen LogP contribution in [0.15, 0.2) is 24.3 Å². The topological polar surface area (TPSA) is 80.3 Å². The summed E-state index contributed by atoms with van der Waals surface area (Å²) in [6, 6.07) is 6.99. The maximum atomic E-state index is 11.8. The van der Waals surface area contributed by atoms with Gasteiger partial charge in [0.05, 0.1) is 22.8 Å². The number of methoxy groups -OCH3 is 1. The summed E-state index contributed by atoms with van der Waals surface area (Å²) in [4.78, 5) is 31.7. The zero-order valence-electron chi connectivity index (χ0n) is 15.9. The highest BCUT2D eigenvalue weighted by molar-refractivity contribution is 5.88. The van der Waals surface area contributed by atoms with Gasteiger partial charge in [-0.15, -0.1) is 0 Å². The zero-order chi connectivity index (χ0) is 19.4. The molecule has 0 saturated carbocycles. The molecule has 0 heterocycles. The van der Waals surface area contributed by atoms with Crippen molar-refractivity contribution < 1.29 is 33.9 Å². The van der Waals surface area contributed by atoms with Crippen molar-refractivity contribution in [3.63, 3.8) is 0 Å². The predicted molar refractivity (Wildman–Crippen MR) is 94.3 cm³/mol. The third-order valence-electron chi connectivity index (χ3n) is 3.95. The van der Waals surface area contributed by atoms with Crippen LogP contribution in [0.5, 0.6) is 0 Å². The van der Waals surface area contributed by atoms with Crippen molar-refractivity contribution in [1.82, 2.24) is 0 Å². The second-order valence-electron chi connectivity index (χ2n) is 6.49. The Morgan fingerprint density at radius 3 is 2.35 bits per heavy atom.